The quantitative estimate of drug-likeness (QED) is 0.799. The summed E-state index contributed by atoms with van der Waals surface area (Å²) in [5.41, 5.74) is 0. The highest BCUT2D eigenvalue weighted by molar-refractivity contribution is 8.00. The van der Waals surface area contributed by atoms with E-state index in [0.717, 1.165) is 37.4 Å². The van der Waals surface area contributed by atoms with Crippen molar-refractivity contribution >= 4 is 17.7 Å². The van der Waals surface area contributed by atoms with Gasteiger partial charge >= 0.3 is 0 Å². The molecule has 1 N–H and O–H groups in total. The molecule has 2 fully saturated rings. The van der Waals surface area contributed by atoms with Gasteiger partial charge in [0.25, 0.3) is 0 Å². The molecule has 122 valence electrons. The Balaban J connectivity index is 1.51. The smallest absolute Gasteiger partial charge is 0.233 e. The highest BCUT2D eigenvalue weighted by Gasteiger charge is 2.25. The van der Waals surface area contributed by atoms with Crippen molar-refractivity contribution in [3.05, 3.63) is 0 Å². The van der Waals surface area contributed by atoms with E-state index in [1.807, 2.05) is 11.6 Å². The van der Waals surface area contributed by atoms with Crippen LogP contribution >= 0.6 is 11.8 Å². The van der Waals surface area contributed by atoms with Crippen molar-refractivity contribution in [3.8, 4) is 0 Å². The molecule has 1 saturated carbocycles. The molecule has 1 saturated heterocycles. The van der Waals surface area contributed by atoms with Gasteiger partial charge in [-0.25, -0.2) is 4.68 Å². The molecule has 0 aromatic carbocycles. The largest absolute Gasteiger partial charge is 0.376 e. The molecular formula is C14H23N5O2S. The molecule has 3 rings (SSSR count). The summed E-state index contributed by atoms with van der Waals surface area (Å²) in [6.07, 6.45) is 6.99. The van der Waals surface area contributed by atoms with Gasteiger partial charge in [0, 0.05) is 13.2 Å². The molecule has 2 aliphatic rings. The molecule has 0 unspecified atom stereocenters. The Bertz CT molecular complexity index is 497. The third-order valence-corrected chi connectivity index (χ3v) is 5.36. The number of hydrogen-bond donors (Lipinski definition) is 1. The molecule has 0 spiro atoms. The molecule has 1 aliphatic heterocycles. The third-order valence-electron chi connectivity index (χ3n) is 4.31. The zero-order chi connectivity index (χ0) is 15.4. The summed E-state index contributed by atoms with van der Waals surface area (Å²) in [5.74, 6) is 0.0153. The van der Waals surface area contributed by atoms with Crippen LogP contribution in [-0.4, -0.2) is 50.6 Å². The fraction of sp³-hybridized carbons (Fsp3) is 0.857. The predicted octanol–water partition coefficient (Wildman–Crippen LogP) is 1.56. The number of rotatable bonds is 6. The second kappa shape index (κ2) is 7.41. The van der Waals surface area contributed by atoms with Crippen LogP contribution in [0.5, 0.6) is 0 Å². The van der Waals surface area contributed by atoms with E-state index in [1.165, 1.54) is 24.6 Å². The summed E-state index contributed by atoms with van der Waals surface area (Å²) in [5, 5.41) is 15.5. The monoisotopic (exact) mass is 325 g/mol. The van der Waals surface area contributed by atoms with E-state index in [1.54, 1.807) is 0 Å². The maximum absolute atomic E-state index is 12.2. The van der Waals surface area contributed by atoms with E-state index in [-0.39, 0.29) is 17.3 Å². The summed E-state index contributed by atoms with van der Waals surface area (Å²) >= 11 is 1.43. The van der Waals surface area contributed by atoms with Crippen LogP contribution in [-0.2, 0) is 9.53 Å². The maximum atomic E-state index is 12.2. The molecule has 2 atom stereocenters. The van der Waals surface area contributed by atoms with Crippen LogP contribution in [0, 0.1) is 0 Å². The lowest BCUT2D eigenvalue weighted by atomic mass is 10.2. The van der Waals surface area contributed by atoms with E-state index in [4.69, 9.17) is 4.74 Å². The highest BCUT2D eigenvalue weighted by atomic mass is 32.2. The van der Waals surface area contributed by atoms with Crippen LogP contribution < -0.4 is 5.32 Å². The normalized spacial score (nSPS) is 23.8. The summed E-state index contributed by atoms with van der Waals surface area (Å²) in [7, 11) is 0. The summed E-state index contributed by atoms with van der Waals surface area (Å²) < 4.78 is 7.41. The SMILES string of the molecule is C[C@H](Sc1nnnn1C1CCCC1)C(=O)NC[C@@H]1CCCO1. The molecule has 1 amide bonds. The molecule has 0 bridgehead atoms. The molecule has 7 nitrogen and oxygen atoms in total. The van der Waals surface area contributed by atoms with Gasteiger partial charge in [0.2, 0.25) is 11.1 Å². The fourth-order valence-electron chi connectivity index (χ4n) is 3.02. The first kappa shape index (κ1) is 15.7. The minimum Gasteiger partial charge on any atom is -0.376 e. The summed E-state index contributed by atoms with van der Waals surface area (Å²) in [4.78, 5) is 12.2. The fourth-order valence-corrected chi connectivity index (χ4v) is 3.90. The first-order valence-electron chi connectivity index (χ1n) is 8.08. The Hall–Kier alpha value is -1.15. The van der Waals surface area contributed by atoms with Gasteiger partial charge in [-0.1, -0.05) is 24.6 Å². The van der Waals surface area contributed by atoms with Gasteiger partial charge in [-0.2, -0.15) is 0 Å². The molecule has 1 aliphatic carbocycles. The molecule has 22 heavy (non-hydrogen) atoms. The Labute approximate surface area is 134 Å². The first-order chi connectivity index (χ1) is 10.7. The number of carbonyl (C=O) groups is 1. The average Bonchev–Trinajstić information content (AvgIpc) is 3.25. The van der Waals surface area contributed by atoms with Crippen LogP contribution in [0.25, 0.3) is 0 Å². The van der Waals surface area contributed by atoms with Crippen LogP contribution in [0.3, 0.4) is 0 Å². The van der Waals surface area contributed by atoms with Gasteiger partial charge in [-0.05, 0) is 43.0 Å². The Kier molecular flexibility index (Phi) is 5.30. The minimum atomic E-state index is -0.215. The minimum absolute atomic E-state index is 0.0153. The lowest BCUT2D eigenvalue weighted by molar-refractivity contribution is -0.120. The molecule has 2 heterocycles. The Morgan fingerprint density at radius 2 is 2.23 bits per heavy atom. The molecular weight excluding hydrogens is 302 g/mol. The van der Waals surface area contributed by atoms with E-state index < -0.39 is 0 Å². The van der Waals surface area contributed by atoms with Crippen molar-refractivity contribution in [2.75, 3.05) is 13.2 Å². The van der Waals surface area contributed by atoms with E-state index >= 15 is 0 Å². The van der Waals surface area contributed by atoms with Crippen LogP contribution in [0.4, 0.5) is 0 Å². The number of hydrogen-bond acceptors (Lipinski definition) is 6. The molecule has 1 aromatic heterocycles. The van der Waals surface area contributed by atoms with E-state index in [9.17, 15) is 4.79 Å². The average molecular weight is 325 g/mol. The molecule has 1 aromatic rings. The van der Waals surface area contributed by atoms with E-state index in [0.29, 0.717) is 12.6 Å². The van der Waals surface area contributed by atoms with Crippen molar-refractivity contribution in [3.63, 3.8) is 0 Å². The summed E-state index contributed by atoms with van der Waals surface area (Å²) in [6, 6.07) is 0.389. The molecule has 0 radical (unpaired) electrons. The lowest BCUT2D eigenvalue weighted by Crippen LogP contribution is -2.36. The first-order valence-corrected chi connectivity index (χ1v) is 8.96. The van der Waals surface area contributed by atoms with Gasteiger partial charge in [0.15, 0.2) is 0 Å². The highest BCUT2D eigenvalue weighted by Crippen LogP contribution is 2.32. The summed E-state index contributed by atoms with van der Waals surface area (Å²) in [6.45, 7) is 3.29. The number of amides is 1. The third kappa shape index (κ3) is 3.78. The Morgan fingerprint density at radius 3 is 2.95 bits per heavy atom. The predicted molar refractivity (Wildman–Crippen MR) is 82.6 cm³/mol. The number of carbonyl (C=O) groups excluding carboxylic acids is 1. The number of nitrogens with zero attached hydrogens (tertiary/aromatic N) is 4. The number of nitrogens with one attached hydrogen (secondary N) is 1. The number of thioether (sulfide) groups is 1. The van der Waals surface area contributed by atoms with Crippen molar-refractivity contribution in [2.24, 2.45) is 0 Å². The standard InChI is InChI=1S/C14H23N5O2S/c1-10(13(20)15-9-12-7-4-8-21-12)22-14-16-17-18-19(14)11-5-2-3-6-11/h10-12H,2-9H2,1H3,(H,15,20)/t10-,12-/m0/s1. The van der Waals surface area contributed by atoms with E-state index in [2.05, 4.69) is 20.8 Å². The number of ether oxygens (including phenoxy) is 1. The van der Waals surface area contributed by atoms with Gasteiger partial charge in [-0.15, -0.1) is 5.10 Å². The Morgan fingerprint density at radius 1 is 1.41 bits per heavy atom. The van der Waals surface area contributed by atoms with Gasteiger partial charge in [0.1, 0.15) is 0 Å². The van der Waals surface area contributed by atoms with Gasteiger partial charge < -0.3 is 10.1 Å². The van der Waals surface area contributed by atoms with Crippen LogP contribution in [0.2, 0.25) is 0 Å². The van der Waals surface area contributed by atoms with Crippen LogP contribution in [0.15, 0.2) is 5.16 Å². The van der Waals surface area contributed by atoms with Crippen molar-refractivity contribution in [1.82, 2.24) is 25.5 Å². The molecule has 8 heteroatoms. The topological polar surface area (TPSA) is 81.9 Å². The van der Waals surface area contributed by atoms with Gasteiger partial charge in [-0.3, -0.25) is 4.79 Å². The lowest BCUT2D eigenvalue weighted by Gasteiger charge is -2.15. The zero-order valence-corrected chi connectivity index (χ0v) is 13.7. The number of aromatic nitrogens is 4. The van der Waals surface area contributed by atoms with Crippen molar-refractivity contribution in [1.29, 1.82) is 0 Å². The van der Waals surface area contributed by atoms with Crippen molar-refractivity contribution < 1.29 is 9.53 Å². The zero-order valence-electron chi connectivity index (χ0n) is 12.9. The van der Waals surface area contributed by atoms with Crippen molar-refractivity contribution in [2.45, 2.75) is 68.0 Å². The van der Waals surface area contributed by atoms with Crippen LogP contribution in [0.1, 0.15) is 51.5 Å². The number of tetrazole rings is 1. The van der Waals surface area contributed by atoms with Gasteiger partial charge in [0.05, 0.1) is 17.4 Å². The maximum Gasteiger partial charge on any atom is 0.233 e. The second-order valence-electron chi connectivity index (χ2n) is 5.98. The second-order valence-corrected chi connectivity index (χ2v) is 7.29.